The second-order valence-corrected chi connectivity index (χ2v) is 6.51. The van der Waals surface area contributed by atoms with E-state index in [-0.39, 0.29) is 12.4 Å². The van der Waals surface area contributed by atoms with Gasteiger partial charge < -0.3 is 4.57 Å². The lowest BCUT2D eigenvalue weighted by Gasteiger charge is -2.10. The summed E-state index contributed by atoms with van der Waals surface area (Å²) in [6, 6.07) is 16.7. The highest BCUT2D eigenvalue weighted by Crippen LogP contribution is 2.30. The molecule has 0 spiro atoms. The first-order chi connectivity index (χ1) is 13.9. The molecular formula is C21H14F3N5. The van der Waals surface area contributed by atoms with E-state index in [0.29, 0.717) is 28.8 Å². The van der Waals surface area contributed by atoms with E-state index in [1.165, 1.54) is 12.4 Å². The van der Waals surface area contributed by atoms with Crippen molar-refractivity contribution in [2.24, 2.45) is 0 Å². The summed E-state index contributed by atoms with van der Waals surface area (Å²) in [6.07, 6.45) is -2.43. The zero-order chi connectivity index (χ0) is 20.4. The summed E-state index contributed by atoms with van der Waals surface area (Å²) in [6.45, 7) is 0.146. The number of halogens is 3. The molecule has 8 heteroatoms. The maximum absolute atomic E-state index is 13.0. The summed E-state index contributed by atoms with van der Waals surface area (Å²) in [7, 11) is 0. The molecule has 0 saturated heterocycles. The third-order valence-corrected chi connectivity index (χ3v) is 4.46. The number of benzene rings is 2. The largest absolute Gasteiger partial charge is 0.416 e. The highest BCUT2D eigenvalue weighted by atomic mass is 19.4. The zero-order valence-corrected chi connectivity index (χ0v) is 15.1. The Kier molecular flexibility index (Phi) is 4.72. The number of rotatable bonds is 4. The van der Waals surface area contributed by atoms with Crippen molar-refractivity contribution in [2.45, 2.75) is 19.1 Å². The number of alkyl halides is 3. The van der Waals surface area contributed by atoms with E-state index in [0.717, 1.165) is 17.7 Å². The first kappa shape index (κ1) is 18.6. The van der Waals surface area contributed by atoms with Gasteiger partial charge in [0.2, 0.25) is 5.82 Å². The SMILES string of the molecule is N#Cc1nc(Cc2ccccc2)c2ncn(Cc3cccc(C(F)(F)F)c3)c2n1. The van der Waals surface area contributed by atoms with Gasteiger partial charge in [-0.3, -0.25) is 0 Å². The Morgan fingerprint density at radius 3 is 2.45 bits per heavy atom. The van der Waals surface area contributed by atoms with Gasteiger partial charge in [-0.1, -0.05) is 42.5 Å². The minimum atomic E-state index is -4.41. The van der Waals surface area contributed by atoms with Gasteiger partial charge in [-0.2, -0.15) is 23.4 Å². The van der Waals surface area contributed by atoms with Gasteiger partial charge in [0.1, 0.15) is 11.6 Å². The number of hydrogen-bond donors (Lipinski definition) is 0. The molecule has 144 valence electrons. The van der Waals surface area contributed by atoms with Crippen LogP contribution in [0.5, 0.6) is 0 Å². The van der Waals surface area contributed by atoms with E-state index in [2.05, 4.69) is 15.0 Å². The quantitative estimate of drug-likeness (QED) is 0.517. The van der Waals surface area contributed by atoms with Gasteiger partial charge in [-0.15, -0.1) is 0 Å². The highest BCUT2D eigenvalue weighted by Gasteiger charge is 2.30. The van der Waals surface area contributed by atoms with Crippen LogP contribution in [0.15, 0.2) is 60.9 Å². The molecule has 0 aliphatic carbocycles. The minimum Gasteiger partial charge on any atom is -0.311 e. The fourth-order valence-electron chi connectivity index (χ4n) is 3.12. The van der Waals surface area contributed by atoms with Crippen LogP contribution in [0, 0.1) is 11.3 Å². The van der Waals surface area contributed by atoms with Crippen molar-refractivity contribution < 1.29 is 13.2 Å². The summed E-state index contributed by atoms with van der Waals surface area (Å²) < 4.78 is 40.6. The van der Waals surface area contributed by atoms with E-state index >= 15 is 0 Å². The summed E-state index contributed by atoms with van der Waals surface area (Å²) in [5.41, 5.74) is 2.29. The molecule has 2 heterocycles. The number of fused-ring (bicyclic) bond motifs is 1. The molecule has 0 radical (unpaired) electrons. The van der Waals surface area contributed by atoms with Crippen LogP contribution < -0.4 is 0 Å². The van der Waals surface area contributed by atoms with Crippen molar-refractivity contribution in [2.75, 3.05) is 0 Å². The van der Waals surface area contributed by atoms with Crippen molar-refractivity contribution in [3.63, 3.8) is 0 Å². The Hall–Kier alpha value is -3.73. The average molecular weight is 393 g/mol. The van der Waals surface area contributed by atoms with E-state index in [1.54, 1.807) is 10.6 Å². The second-order valence-electron chi connectivity index (χ2n) is 6.51. The Balaban J connectivity index is 1.74. The fraction of sp³-hybridized carbons (Fsp3) is 0.143. The zero-order valence-electron chi connectivity index (χ0n) is 15.1. The lowest BCUT2D eigenvalue weighted by Crippen LogP contribution is -2.07. The van der Waals surface area contributed by atoms with Crippen LogP contribution >= 0.6 is 0 Å². The van der Waals surface area contributed by atoms with Crippen molar-refractivity contribution in [3.8, 4) is 6.07 Å². The smallest absolute Gasteiger partial charge is 0.311 e. The normalized spacial score (nSPS) is 11.5. The Labute approximate surface area is 164 Å². The molecule has 0 unspecified atom stereocenters. The van der Waals surface area contributed by atoms with E-state index in [4.69, 9.17) is 0 Å². The molecule has 0 aliphatic heterocycles. The van der Waals surface area contributed by atoms with Gasteiger partial charge in [0, 0.05) is 6.42 Å². The summed E-state index contributed by atoms with van der Waals surface area (Å²) in [4.78, 5) is 12.9. The maximum Gasteiger partial charge on any atom is 0.416 e. The molecule has 4 rings (SSSR count). The Bertz CT molecular complexity index is 1210. The minimum absolute atomic E-state index is 0.00535. The third-order valence-electron chi connectivity index (χ3n) is 4.46. The monoisotopic (exact) mass is 393 g/mol. The van der Waals surface area contributed by atoms with Crippen LogP contribution in [-0.2, 0) is 19.1 Å². The Morgan fingerprint density at radius 1 is 0.966 bits per heavy atom. The molecule has 5 nitrogen and oxygen atoms in total. The summed E-state index contributed by atoms with van der Waals surface area (Å²) >= 11 is 0. The van der Waals surface area contributed by atoms with Gasteiger partial charge in [0.25, 0.3) is 0 Å². The van der Waals surface area contributed by atoms with Gasteiger partial charge in [-0.25, -0.2) is 9.97 Å². The number of nitrogens with zero attached hydrogens (tertiary/aromatic N) is 5. The maximum atomic E-state index is 13.0. The molecule has 0 saturated carbocycles. The topological polar surface area (TPSA) is 67.4 Å². The molecule has 0 aliphatic rings. The molecule has 0 bridgehead atoms. The number of nitriles is 1. The lowest BCUT2D eigenvalue weighted by molar-refractivity contribution is -0.137. The van der Waals surface area contributed by atoms with Gasteiger partial charge in [-0.05, 0) is 23.3 Å². The lowest BCUT2D eigenvalue weighted by atomic mass is 10.1. The van der Waals surface area contributed by atoms with Crippen LogP contribution in [0.2, 0.25) is 0 Å². The third kappa shape index (κ3) is 3.94. The molecule has 0 N–H and O–H groups in total. The van der Waals surface area contributed by atoms with Gasteiger partial charge in [0.15, 0.2) is 5.65 Å². The van der Waals surface area contributed by atoms with Crippen LogP contribution in [0.3, 0.4) is 0 Å². The van der Waals surface area contributed by atoms with Gasteiger partial charge in [0.05, 0.1) is 24.1 Å². The van der Waals surface area contributed by atoms with E-state index < -0.39 is 11.7 Å². The van der Waals surface area contributed by atoms with Crippen LogP contribution in [0.25, 0.3) is 11.2 Å². The Morgan fingerprint density at radius 2 is 1.72 bits per heavy atom. The van der Waals surface area contributed by atoms with Crippen molar-refractivity contribution in [1.82, 2.24) is 19.5 Å². The number of aromatic nitrogens is 4. The highest BCUT2D eigenvalue weighted by molar-refractivity contribution is 5.74. The molecule has 4 aromatic rings. The predicted molar refractivity (Wildman–Crippen MR) is 99.8 cm³/mol. The summed E-state index contributed by atoms with van der Waals surface area (Å²) in [5.74, 6) is -0.00535. The molecule has 0 amide bonds. The number of imidazole rings is 1. The van der Waals surface area contributed by atoms with E-state index in [9.17, 15) is 18.4 Å². The van der Waals surface area contributed by atoms with Gasteiger partial charge >= 0.3 is 6.18 Å². The van der Waals surface area contributed by atoms with Crippen LogP contribution in [0.1, 0.15) is 28.2 Å². The standard InChI is InChI=1S/C21H14F3N5/c22-21(23,24)16-8-4-7-15(9-16)12-29-13-26-19-17(10-14-5-2-1-3-6-14)27-18(11-25)28-20(19)29/h1-9,13H,10,12H2. The van der Waals surface area contributed by atoms with Crippen molar-refractivity contribution in [1.29, 1.82) is 5.26 Å². The van der Waals surface area contributed by atoms with Crippen molar-refractivity contribution in [3.05, 3.63) is 89.1 Å². The predicted octanol–water partition coefficient (Wildman–Crippen LogP) is 4.36. The molecule has 29 heavy (non-hydrogen) atoms. The summed E-state index contributed by atoms with van der Waals surface area (Å²) in [5, 5.41) is 9.30. The molecule has 0 fully saturated rings. The van der Waals surface area contributed by atoms with Crippen LogP contribution in [0.4, 0.5) is 13.2 Å². The average Bonchev–Trinajstić information content (AvgIpc) is 3.11. The molecular weight excluding hydrogens is 379 g/mol. The molecule has 0 atom stereocenters. The number of hydrogen-bond acceptors (Lipinski definition) is 4. The van der Waals surface area contributed by atoms with E-state index in [1.807, 2.05) is 36.4 Å². The fourth-order valence-corrected chi connectivity index (χ4v) is 3.12. The first-order valence-electron chi connectivity index (χ1n) is 8.76. The second kappa shape index (κ2) is 7.36. The molecule has 2 aromatic heterocycles. The molecule has 2 aromatic carbocycles. The van der Waals surface area contributed by atoms with Crippen LogP contribution in [-0.4, -0.2) is 19.5 Å². The van der Waals surface area contributed by atoms with Crippen molar-refractivity contribution >= 4 is 11.2 Å². The first-order valence-corrected chi connectivity index (χ1v) is 8.76.